The van der Waals surface area contributed by atoms with Gasteiger partial charge in [0.1, 0.15) is 5.82 Å². The first-order valence-corrected chi connectivity index (χ1v) is 8.86. The number of fused-ring (bicyclic) bond motifs is 2. The summed E-state index contributed by atoms with van der Waals surface area (Å²) >= 11 is 0. The Kier molecular flexibility index (Phi) is 5.58. The smallest absolute Gasteiger partial charge is 0.748 e. The van der Waals surface area contributed by atoms with Crippen molar-refractivity contribution >= 4 is 32.1 Å². The zero-order valence-corrected chi connectivity index (χ0v) is 16.4. The van der Waals surface area contributed by atoms with Gasteiger partial charge in [-0.05, 0) is 38.5 Å². The molecule has 23 heavy (non-hydrogen) atoms. The predicted molar refractivity (Wildman–Crippen MR) is 84.8 cm³/mol. The molecule has 118 valence electrons. The van der Waals surface area contributed by atoms with E-state index in [1.54, 1.807) is 0 Å². The van der Waals surface area contributed by atoms with Crippen LogP contribution in [0, 0.1) is 6.92 Å². The van der Waals surface area contributed by atoms with Crippen LogP contribution in [0.3, 0.4) is 0 Å². The molecular formula is C15H18N3NaO3S. The van der Waals surface area contributed by atoms with E-state index in [-0.39, 0.29) is 35.3 Å². The third kappa shape index (κ3) is 3.80. The number of aromatic nitrogens is 3. The van der Waals surface area contributed by atoms with Crippen LogP contribution < -0.4 is 29.6 Å². The minimum absolute atomic E-state index is 0. The largest absolute Gasteiger partial charge is 1.00 e. The molecule has 3 aromatic rings. The molecule has 0 fully saturated rings. The van der Waals surface area contributed by atoms with Crippen molar-refractivity contribution < 1.29 is 42.5 Å². The van der Waals surface area contributed by atoms with Crippen LogP contribution in [0.5, 0.6) is 0 Å². The van der Waals surface area contributed by atoms with E-state index in [9.17, 15) is 13.0 Å². The van der Waals surface area contributed by atoms with Gasteiger partial charge in [-0.15, -0.1) is 0 Å². The van der Waals surface area contributed by atoms with Crippen molar-refractivity contribution in [3.05, 3.63) is 30.2 Å². The number of rotatable bonds is 5. The van der Waals surface area contributed by atoms with Gasteiger partial charge in [-0.2, -0.15) is 0 Å². The summed E-state index contributed by atoms with van der Waals surface area (Å²) in [5, 5.41) is 1.07. The van der Waals surface area contributed by atoms with Crippen molar-refractivity contribution in [3.63, 3.8) is 0 Å². The molecule has 0 aliphatic carbocycles. The summed E-state index contributed by atoms with van der Waals surface area (Å²) in [6.45, 7) is 5.43. The van der Waals surface area contributed by atoms with Gasteiger partial charge in [0.25, 0.3) is 0 Å². The molecule has 0 N–H and O–H groups in total. The van der Waals surface area contributed by atoms with E-state index in [0.717, 1.165) is 34.3 Å². The molecule has 0 spiro atoms. The first-order chi connectivity index (χ1) is 10.4. The Morgan fingerprint density at radius 3 is 2.65 bits per heavy atom. The third-order valence-corrected chi connectivity index (χ3v) is 4.73. The number of aryl methyl sites for hydroxylation is 3. The molecular weight excluding hydrogens is 325 g/mol. The van der Waals surface area contributed by atoms with Gasteiger partial charge >= 0.3 is 29.6 Å². The molecule has 0 saturated carbocycles. The van der Waals surface area contributed by atoms with Gasteiger partial charge in [-0.3, -0.25) is 0 Å². The number of hydrogen-bond acceptors (Lipinski definition) is 4. The Balaban J connectivity index is 0.00000192. The summed E-state index contributed by atoms with van der Waals surface area (Å²) in [6.07, 6.45) is 2.24. The van der Waals surface area contributed by atoms with Crippen molar-refractivity contribution in [1.29, 1.82) is 0 Å². The third-order valence-electron chi connectivity index (χ3n) is 3.94. The molecule has 3 rings (SSSR count). The Morgan fingerprint density at radius 2 is 2.00 bits per heavy atom. The molecule has 0 saturated heterocycles. The van der Waals surface area contributed by atoms with Crippen molar-refractivity contribution in [1.82, 2.24) is 14.1 Å². The van der Waals surface area contributed by atoms with Crippen LogP contribution in [0.4, 0.5) is 0 Å². The van der Waals surface area contributed by atoms with Gasteiger partial charge in [0.15, 0.2) is 0 Å². The average molecular weight is 343 g/mol. The molecule has 2 aromatic heterocycles. The van der Waals surface area contributed by atoms with Crippen LogP contribution in [-0.2, 0) is 23.2 Å². The summed E-state index contributed by atoms with van der Waals surface area (Å²) in [7, 11) is -4.15. The van der Waals surface area contributed by atoms with Gasteiger partial charge in [0.2, 0.25) is 0 Å². The normalized spacial score (nSPS) is 12.0. The monoisotopic (exact) mass is 343 g/mol. The molecule has 0 unspecified atom stereocenters. The predicted octanol–water partition coefficient (Wildman–Crippen LogP) is -0.741. The number of hydrogen-bond donors (Lipinski definition) is 0. The SMILES string of the molecule is CCn1c(C)nc2cc3ccn(CCCS(=O)(=O)[O-])c3cc21.[Na+]. The molecule has 0 atom stereocenters. The van der Waals surface area contributed by atoms with E-state index in [1.165, 1.54) is 0 Å². The Bertz CT molecular complexity index is 944. The molecule has 1 aromatic carbocycles. The maximum Gasteiger partial charge on any atom is 1.00 e. The zero-order valence-electron chi connectivity index (χ0n) is 13.6. The van der Waals surface area contributed by atoms with Crippen LogP contribution in [0.2, 0.25) is 0 Å². The van der Waals surface area contributed by atoms with Crippen LogP contribution in [0.25, 0.3) is 21.9 Å². The fraction of sp³-hybridized carbons (Fsp3) is 0.400. The molecule has 0 aliphatic heterocycles. The van der Waals surface area contributed by atoms with Gasteiger partial charge in [0.05, 0.1) is 26.7 Å². The van der Waals surface area contributed by atoms with Gasteiger partial charge in [-0.25, -0.2) is 13.4 Å². The van der Waals surface area contributed by atoms with Gasteiger partial charge in [-0.1, -0.05) is 0 Å². The van der Waals surface area contributed by atoms with Crippen molar-refractivity contribution in [2.75, 3.05) is 5.75 Å². The van der Waals surface area contributed by atoms with Gasteiger partial charge in [0, 0.05) is 30.4 Å². The van der Waals surface area contributed by atoms with E-state index in [4.69, 9.17) is 0 Å². The van der Waals surface area contributed by atoms with Crippen LogP contribution >= 0.6 is 0 Å². The van der Waals surface area contributed by atoms with Crippen LogP contribution in [-0.4, -0.2) is 32.8 Å². The fourth-order valence-corrected chi connectivity index (χ4v) is 3.42. The molecule has 6 nitrogen and oxygen atoms in total. The van der Waals surface area contributed by atoms with E-state index in [2.05, 4.69) is 22.5 Å². The minimum Gasteiger partial charge on any atom is -0.748 e. The summed E-state index contributed by atoms with van der Waals surface area (Å²) in [6, 6.07) is 6.12. The summed E-state index contributed by atoms with van der Waals surface area (Å²) in [4.78, 5) is 4.57. The van der Waals surface area contributed by atoms with E-state index in [1.807, 2.05) is 29.8 Å². The second-order valence-electron chi connectivity index (χ2n) is 5.43. The van der Waals surface area contributed by atoms with E-state index < -0.39 is 10.1 Å². The summed E-state index contributed by atoms with van der Waals surface area (Å²) in [5.74, 6) is 0.648. The number of benzene rings is 1. The van der Waals surface area contributed by atoms with Crippen LogP contribution in [0.1, 0.15) is 19.2 Å². The summed E-state index contributed by atoms with van der Waals surface area (Å²) < 4.78 is 36.3. The first-order valence-electron chi connectivity index (χ1n) is 7.28. The van der Waals surface area contributed by atoms with Crippen molar-refractivity contribution in [2.45, 2.75) is 33.4 Å². The fourth-order valence-electron chi connectivity index (χ4n) is 2.94. The standard InChI is InChI=1S/C15H19N3O3S.Na/c1-3-18-11(2)16-13-9-12-5-7-17(14(12)10-15(13)18)6-4-8-22(19,20)21;/h5,7,9-10H,3-4,6,8H2,1-2H3,(H,19,20,21);/q;+1/p-1. The Labute approximate surface area is 157 Å². The molecule has 0 aliphatic rings. The quantitative estimate of drug-likeness (QED) is 0.451. The van der Waals surface area contributed by atoms with Crippen molar-refractivity contribution in [2.24, 2.45) is 0 Å². The Hall–Kier alpha value is -0.860. The van der Waals surface area contributed by atoms with Crippen molar-refractivity contribution in [3.8, 4) is 0 Å². The average Bonchev–Trinajstić information content (AvgIpc) is 2.94. The summed E-state index contributed by atoms with van der Waals surface area (Å²) in [5.41, 5.74) is 3.07. The second kappa shape index (κ2) is 6.94. The topological polar surface area (TPSA) is 80.0 Å². The van der Waals surface area contributed by atoms with Crippen LogP contribution in [0.15, 0.2) is 24.4 Å². The van der Waals surface area contributed by atoms with E-state index in [0.29, 0.717) is 13.0 Å². The first kappa shape index (κ1) is 18.5. The second-order valence-corrected chi connectivity index (χ2v) is 6.95. The van der Waals surface area contributed by atoms with Gasteiger partial charge < -0.3 is 13.7 Å². The molecule has 0 bridgehead atoms. The molecule has 8 heteroatoms. The maximum absolute atomic E-state index is 10.7. The molecule has 0 radical (unpaired) electrons. The minimum atomic E-state index is -4.15. The Morgan fingerprint density at radius 1 is 1.26 bits per heavy atom. The maximum atomic E-state index is 10.7. The zero-order chi connectivity index (χ0) is 15.9. The number of imidazole rings is 1. The van der Waals surface area contributed by atoms with E-state index >= 15 is 0 Å². The molecule has 0 amide bonds. The number of nitrogens with zero attached hydrogens (tertiary/aromatic N) is 3. The molecule has 2 heterocycles.